The van der Waals surface area contributed by atoms with E-state index in [9.17, 15) is 0 Å². The Bertz CT molecular complexity index is 1090. The van der Waals surface area contributed by atoms with Gasteiger partial charge in [0.25, 0.3) is 23.9 Å². The Kier molecular flexibility index (Phi) is 14.5. The van der Waals surface area contributed by atoms with E-state index in [0.29, 0.717) is 39.5 Å². The lowest BCUT2D eigenvalue weighted by atomic mass is 10.1. The van der Waals surface area contributed by atoms with Crippen LogP contribution in [0, 0.1) is 0 Å². The van der Waals surface area contributed by atoms with Crippen molar-refractivity contribution >= 4 is 8.80 Å². The molecule has 0 amide bonds. The Morgan fingerprint density at radius 1 is 0.481 bits per heavy atom. The molecular formula is C33H60O18Si. The molecule has 5 aliphatic rings. The second-order valence-corrected chi connectivity index (χ2v) is 16.9. The average Bonchev–Trinajstić information content (AvgIpc) is 3.91. The van der Waals surface area contributed by atoms with Crippen molar-refractivity contribution < 1.29 is 84.3 Å². The van der Waals surface area contributed by atoms with Crippen LogP contribution < -0.4 is 0 Å². The molecule has 0 spiro atoms. The molecule has 5 saturated heterocycles. The minimum absolute atomic E-state index is 0.0664. The van der Waals surface area contributed by atoms with Crippen LogP contribution in [0.5, 0.6) is 0 Å². The fraction of sp³-hybridized carbons (Fsp3) is 1.00. The number of ether oxygens (including phenoxy) is 15. The standard InChI is InChI=1S/C33H60O18Si/c1-11-28(52(34-8,35-9)36-10)29(3,43-18-23-13-37-23)48-31(5,45-20-25-15-39-25)50-33(7,47-22-27-17-41-27)51-32(6,46-21-26-16-40-26)49-30(4,42-12-2)44-19-24-14-38-24/h23-28H,11-22H2,1-10H3. The van der Waals surface area contributed by atoms with Gasteiger partial charge in [-0.2, -0.15) is 0 Å². The molecule has 0 N–H and O–H groups in total. The molecule has 11 atom stereocenters. The molecular weight excluding hydrogens is 712 g/mol. The van der Waals surface area contributed by atoms with E-state index >= 15 is 0 Å². The van der Waals surface area contributed by atoms with Gasteiger partial charge < -0.3 is 65.4 Å². The van der Waals surface area contributed by atoms with Gasteiger partial charge in [-0.25, -0.2) is 0 Å². The zero-order valence-electron chi connectivity index (χ0n) is 32.3. The van der Waals surface area contributed by atoms with Gasteiger partial charge in [-0.3, -0.25) is 18.9 Å². The lowest BCUT2D eigenvalue weighted by Crippen LogP contribution is -2.62. The first-order chi connectivity index (χ1) is 24.7. The first-order valence-corrected chi connectivity index (χ1v) is 19.8. The fourth-order valence-corrected chi connectivity index (χ4v) is 8.50. The van der Waals surface area contributed by atoms with Gasteiger partial charge in [-0.1, -0.05) is 6.92 Å². The van der Waals surface area contributed by atoms with Crippen molar-refractivity contribution in [2.45, 2.75) is 121 Å². The largest absolute Gasteiger partial charge is 0.508 e. The molecule has 0 aromatic carbocycles. The molecule has 0 saturated carbocycles. The highest BCUT2D eigenvalue weighted by Gasteiger charge is 2.61. The predicted octanol–water partition coefficient (Wildman–Crippen LogP) is 2.24. The van der Waals surface area contributed by atoms with Gasteiger partial charge in [0.05, 0.1) is 71.6 Å². The van der Waals surface area contributed by atoms with Crippen LogP contribution in [0.25, 0.3) is 0 Å². The molecule has 304 valence electrons. The summed E-state index contributed by atoms with van der Waals surface area (Å²) in [7, 11) is 1.16. The molecule has 5 rings (SSSR count). The minimum atomic E-state index is -3.44. The van der Waals surface area contributed by atoms with E-state index in [2.05, 4.69) is 0 Å². The van der Waals surface area contributed by atoms with E-state index in [1.807, 2.05) is 13.8 Å². The Labute approximate surface area is 307 Å². The first kappa shape index (κ1) is 42.6. The highest BCUT2D eigenvalue weighted by Crippen LogP contribution is 2.45. The monoisotopic (exact) mass is 772 g/mol. The summed E-state index contributed by atoms with van der Waals surface area (Å²) in [5.74, 6) is -8.99. The Morgan fingerprint density at radius 3 is 1.10 bits per heavy atom. The average molecular weight is 773 g/mol. The molecule has 5 heterocycles. The van der Waals surface area contributed by atoms with Gasteiger partial charge in [0.1, 0.15) is 30.5 Å². The van der Waals surface area contributed by atoms with Gasteiger partial charge in [0.2, 0.25) is 0 Å². The Hall–Kier alpha value is -0.503. The summed E-state index contributed by atoms with van der Waals surface area (Å²) in [5, 5.41) is 0. The minimum Gasteiger partial charge on any atom is -0.377 e. The summed E-state index contributed by atoms with van der Waals surface area (Å²) in [6, 6.07) is 0. The number of rotatable bonds is 31. The molecule has 0 aliphatic carbocycles. The van der Waals surface area contributed by atoms with Gasteiger partial charge >= 0.3 is 8.80 Å². The number of hydrogen-bond acceptors (Lipinski definition) is 18. The van der Waals surface area contributed by atoms with Crippen molar-refractivity contribution in [3.63, 3.8) is 0 Å². The third-order valence-electron chi connectivity index (χ3n) is 8.92. The normalized spacial score (nSPS) is 31.4. The molecule has 5 aliphatic heterocycles. The lowest BCUT2D eigenvalue weighted by molar-refractivity contribution is -0.580. The highest BCUT2D eigenvalue weighted by atomic mass is 28.4. The van der Waals surface area contributed by atoms with E-state index in [4.69, 9.17) is 84.3 Å². The van der Waals surface area contributed by atoms with Crippen LogP contribution >= 0.6 is 0 Å². The van der Waals surface area contributed by atoms with E-state index in [1.54, 1.807) is 34.6 Å². The van der Waals surface area contributed by atoms with Gasteiger partial charge in [-0.05, 0) is 20.3 Å². The summed E-state index contributed by atoms with van der Waals surface area (Å²) >= 11 is 0. The predicted molar refractivity (Wildman–Crippen MR) is 177 cm³/mol. The first-order valence-electron chi connectivity index (χ1n) is 18.0. The van der Waals surface area contributed by atoms with E-state index in [1.165, 1.54) is 21.3 Å². The van der Waals surface area contributed by atoms with Crippen molar-refractivity contribution in [1.82, 2.24) is 0 Å². The summed E-state index contributed by atoms with van der Waals surface area (Å²) in [6.45, 7) is 15.6. The molecule has 11 unspecified atom stereocenters. The molecule has 19 heteroatoms. The van der Waals surface area contributed by atoms with Gasteiger partial charge in [0.15, 0.2) is 5.79 Å². The fourth-order valence-electron chi connectivity index (χ4n) is 5.86. The zero-order chi connectivity index (χ0) is 37.7. The summed E-state index contributed by atoms with van der Waals surface area (Å²) < 4.78 is 109. The lowest BCUT2D eigenvalue weighted by Gasteiger charge is -2.49. The summed E-state index contributed by atoms with van der Waals surface area (Å²) in [4.78, 5) is 0. The molecule has 0 bridgehead atoms. The van der Waals surface area contributed by atoms with Crippen LogP contribution in [-0.4, -0.2) is 163 Å². The smallest absolute Gasteiger partial charge is 0.377 e. The van der Waals surface area contributed by atoms with Gasteiger partial charge in [0, 0.05) is 55.6 Å². The van der Waals surface area contributed by atoms with Crippen molar-refractivity contribution in [3.8, 4) is 0 Å². The Morgan fingerprint density at radius 2 is 0.788 bits per heavy atom. The van der Waals surface area contributed by atoms with E-state index in [-0.39, 0.29) is 70.2 Å². The number of epoxide rings is 5. The summed E-state index contributed by atoms with van der Waals surface area (Å²) in [5.41, 5.74) is -0.578. The molecule has 5 fully saturated rings. The maximum absolute atomic E-state index is 6.86. The third-order valence-corrected chi connectivity index (χ3v) is 12.4. The van der Waals surface area contributed by atoms with Crippen LogP contribution in [0.4, 0.5) is 0 Å². The van der Waals surface area contributed by atoms with Crippen LogP contribution in [0.15, 0.2) is 0 Å². The van der Waals surface area contributed by atoms with Crippen LogP contribution in [0.1, 0.15) is 54.9 Å². The molecule has 0 aromatic heterocycles. The third kappa shape index (κ3) is 12.8. The van der Waals surface area contributed by atoms with Crippen molar-refractivity contribution in [2.24, 2.45) is 0 Å². The Balaban J connectivity index is 1.46. The zero-order valence-corrected chi connectivity index (χ0v) is 33.3. The van der Waals surface area contributed by atoms with Crippen molar-refractivity contribution in [2.75, 3.05) is 94.0 Å². The molecule has 0 radical (unpaired) electrons. The maximum Gasteiger partial charge on any atom is 0.508 e. The van der Waals surface area contributed by atoms with Gasteiger partial charge in [-0.15, -0.1) is 0 Å². The quantitative estimate of drug-likeness (QED) is 0.0568. The SMILES string of the molecule is CCOC(C)(OCC1CO1)OC(C)(OCC1CO1)OC(C)(OCC1CO1)OC(C)(OCC1CO1)OC(C)(OCC1CO1)C(CC)[Si](OC)(OC)OC. The van der Waals surface area contributed by atoms with E-state index in [0.717, 1.165) is 0 Å². The van der Waals surface area contributed by atoms with Crippen LogP contribution in [0.3, 0.4) is 0 Å². The van der Waals surface area contributed by atoms with Crippen molar-refractivity contribution in [1.29, 1.82) is 0 Å². The molecule has 18 nitrogen and oxygen atoms in total. The van der Waals surface area contributed by atoms with Crippen LogP contribution in [0.2, 0.25) is 5.54 Å². The topological polar surface area (TPSA) is 183 Å². The maximum atomic E-state index is 6.86. The summed E-state index contributed by atoms with van der Waals surface area (Å²) in [6.07, 6.45) is -0.209. The highest BCUT2D eigenvalue weighted by molar-refractivity contribution is 6.62. The second-order valence-electron chi connectivity index (χ2n) is 13.8. The second kappa shape index (κ2) is 17.7. The van der Waals surface area contributed by atoms with Crippen molar-refractivity contribution in [3.05, 3.63) is 0 Å². The van der Waals surface area contributed by atoms with E-state index < -0.39 is 44.0 Å². The molecule has 52 heavy (non-hydrogen) atoms. The number of hydrogen-bond donors (Lipinski definition) is 0. The molecule has 0 aromatic rings. The van der Waals surface area contributed by atoms with Crippen LogP contribution in [-0.2, 0) is 84.3 Å².